The molecule has 0 saturated heterocycles. The molecule has 0 aliphatic carbocycles. The first-order valence-electron chi connectivity index (χ1n) is 17.7. The van der Waals surface area contributed by atoms with Gasteiger partial charge < -0.3 is 0 Å². The lowest BCUT2D eigenvalue weighted by atomic mass is 10.0. The molecule has 1 N–H and O–H groups in total. The Labute approximate surface area is 262 Å². The van der Waals surface area contributed by atoms with Gasteiger partial charge in [-0.1, -0.05) is 152 Å². The first kappa shape index (κ1) is 40.8. The van der Waals surface area contributed by atoms with Crippen LogP contribution in [0.25, 0.3) is 0 Å². The Bertz CT molecular complexity index is 719. The fraction of sp³-hybridized carbons (Fsp3) is 0.784. The van der Waals surface area contributed by atoms with E-state index in [1.165, 1.54) is 103 Å². The minimum Gasteiger partial charge on any atom is -0.264 e. The van der Waals surface area contributed by atoms with Crippen LogP contribution in [0, 0.1) is 0 Å². The summed E-state index contributed by atoms with van der Waals surface area (Å²) in [4.78, 5) is 0. The van der Waals surface area contributed by atoms with Crippen LogP contribution in [0.5, 0.6) is 0 Å². The molecule has 0 aliphatic rings. The molecule has 0 aromatic carbocycles. The zero-order valence-corrected chi connectivity index (χ0v) is 28.5. The van der Waals surface area contributed by atoms with Crippen LogP contribution in [0.2, 0.25) is 0 Å². The molecule has 246 valence electrons. The number of rotatable bonds is 32. The maximum atomic E-state index is 11.3. The second-order valence-corrected chi connectivity index (χ2v) is 12.9. The maximum Gasteiger partial charge on any atom is 0.397 e. The molecule has 5 heteroatoms. The van der Waals surface area contributed by atoms with Crippen molar-refractivity contribution < 1.29 is 17.2 Å². The molecule has 0 aliphatic heterocycles. The van der Waals surface area contributed by atoms with Crippen LogP contribution in [0.15, 0.2) is 48.6 Å². The lowest BCUT2D eigenvalue weighted by Gasteiger charge is -2.15. The van der Waals surface area contributed by atoms with Gasteiger partial charge in [-0.2, -0.15) is 8.42 Å². The van der Waals surface area contributed by atoms with E-state index in [2.05, 4.69) is 62.5 Å². The lowest BCUT2D eigenvalue weighted by molar-refractivity contribution is 0.157. The van der Waals surface area contributed by atoms with Gasteiger partial charge in [-0.3, -0.25) is 4.55 Å². The van der Waals surface area contributed by atoms with Gasteiger partial charge >= 0.3 is 10.4 Å². The van der Waals surface area contributed by atoms with Crippen molar-refractivity contribution in [3.63, 3.8) is 0 Å². The molecule has 0 amide bonds. The highest BCUT2D eigenvalue weighted by molar-refractivity contribution is 7.80. The molecule has 0 fully saturated rings. The molecule has 0 heterocycles. The van der Waals surface area contributed by atoms with Crippen LogP contribution in [0.4, 0.5) is 0 Å². The second kappa shape index (κ2) is 32.7. The first-order chi connectivity index (χ1) is 20.5. The van der Waals surface area contributed by atoms with Gasteiger partial charge in [0.15, 0.2) is 0 Å². The topological polar surface area (TPSA) is 63.6 Å². The Kier molecular flexibility index (Phi) is 31.8. The van der Waals surface area contributed by atoms with Gasteiger partial charge in [0, 0.05) is 0 Å². The molecule has 0 radical (unpaired) electrons. The van der Waals surface area contributed by atoms with Crippen molar-refractivity contribution in [3.8, 4) is 0 Å². The van der Waals surface area contributed by atoms with Crippen molar-refractivity contribution in [1.29, 1.82) is 0 Å². The third-order valence-corrected chi connectivity index (χ3v) is 8.23. The highest BCUT2D eigenvalue weighted by Gasteiger charge is 2.16. The molecule has 42 heavy (non-hydrogen) atoms. The van der Waals surface area contributed by atoms with Gasteiger partial charge in [0.05, 0.1) is 6.10 Å². The van der Waals surface area contributed by atoms with E-state index in [-0.39, 0.29) is 0 Å². The SMILES string of the molecule is CCCCC/C=C\C/C=C\CCCCCCCCC(CCCCCCCC/C=C\C/C=C\CCCCC)OS(=O)(=O)O. The molecule has 0 saturated carbocycles. The zero-order chi connectivity index (χ0) is 30.8. The van der Waals surface area contributed by atoms with Crippen LogP contribution < -0.4 is 0 Å². The largest absolute Gasteiger partial charge is 0.397 e. The van der Waals surface area contributed by atoms with Gasteiger partial charge in [0.1, 0.15) is 0 Å². The normalized spacial score (nSPS) is 12.9. The van der Waals surface area contributed by atoms with Crippen molar-refractivity contribution in [2.45, 2.75) is 187 Å². The molecule has 0 aromatic rings. The molecule has 0 bridgehead atoms. The van der Waals surface area contributed by atoms with Crippen molar-refractivity contribution in [1.82, 2.24) is 0 Å². The zero-order valence-electron chi connectivity index (χ0n) is 27.7. The van der Waals surface area contributed by atoms with Gasteiger partial charge in [0.25, 0.3) is 0 Å². The van der Waals surface area contributed by atoms with E-state index in [1.807, 2.05) is 0 Å². The molecule has 0 spiro atoms. The Morgan fingerprint density at radius 3 is 1.12 bits per heavy atom. The lowest BCUT2D eigenvalue weighted by Crippen LogP contribution is -2.18. The average molecular weight is 609 g/mol. The summed E-state index contributed by atoms with van der Waals surface area (Å²) in [5, 5.41) is 0. The Balaban J connectivity index is 3.75. The summed E-state index contributed by atoms with van der Waals surface area (Å²) >= 11 is 0. The van der Waals surface area contributed by atoms with Gasteiger partial charge in [-0.05, 0) is 77.0 Å². The first-order valence-corrected chi connectivity index (χ1v) is 19.1. The summed E-state index contributed by atoms with van der Waals surface area (Å²) in [6.45, 7) is 4.48. The molecular weight excluding hydrogens is 540 g/mol. The number of unbranched alkanes of at least 4 members (excludes halogenated alkanes) is 18. The third-order valence-electron chi connectivity index (χ3n) is 7.71. The summed E-state index contributed by atoms with van der Waals surface area (Å²) in [7, 11) is -4.39. The van der Waals surface area contributed by atoms with E-state index in [4.69, 9.17) is 4.18 Å². The second-order valence-electron chi connectivity index (χ2n) is 11.9. The molecule has 0 rings (SSSR count). The van der Waals surface area contributed by atoms with E-state index in [0.29, 0.717) is 12.8 Å². The summed E-state index contributed by atoms with van der Waals surface area (Å²) in [5.74, 6) is 0. The summed E-state index contributed by atoms with van der Waals surface area (Å²) in [5.41, 5.74) is 0. The highest BCUT2D eigenvalue weighted by Crippen LogP contribution is 2.18. The average Bonchev–Trinajstić information content (AvgIpc) is 2.95. The van der Waals surface area contributed by atoms with E-state index >= 15 is 0 Å². The molecule has 4 nitrogen and oxygen atoms in total. The summed E-state index contributed by atoms with van der Waals surface area (Å²) in [6, 6.07) is 0. The van der Waals surface area contributed by atoms with E-state index < -0.39 is 16.5 Å². The van der Waals surface area contributed by atoms with Crippen molar-refractivity contribution >= 4 is 10.4 Å². The predicted molar refractivity (Wildman–Crippen MR) is 184 cm³/mol. The monoisotopic (exact) mass is 608 g/mol. The Hall–Kier alpha value is -1.17. The fourth-order valence-electron chi connectivity index (χ4n) is 5.13. The van der Waals surface area contributed by atoms with Crippen LogP contribution >= 0.6 is 0 Å². The molecular formula is C37H68O4S. The van der Waals surface area contributed by atoms with Crippen LogP contribution in [-0.4, -0.2) is 19.1 Å². The van der Waals surface area contributed by atoms with E-state index in [0.717, 1.165) is 51.4 Å². The van der Waals surface area contributed by atoms with Crippen LogP contribution in [0.3, 0.4) is 0 Å². The Morgan fingerprint density at radius 2 is 0.786 bits per heavy atom. The standard InChI is InChI=1S/C37H68O4S/c1-3-5-7-9-11-13-15-17-19-21-23-25-27-29-31-33-35-37(41-42(38,39)40)36-34-32-30-28-26-24-22-20-18-16-14-12-10-8-6-4-2/h11-14,17-20,37H,3-10,15-16,21-36H2,1-2H3,(H,38,39,40)/b13-11-,14-12-,19-17-,20-18-. The predicted octanol–water partition coefficient (Wildman–Crippen LogP) is 12.6. The summed E-state index contributed by atoms with van der Waals surface area (Å²) in [6.07, 6.45) is 47.9. The smallest absolute Gasteiger partial charge is 0.264 e. The number of hydrogen-bond donors (Lipinski definition) is 1. The van der Waals surface area contributed by atoms with Gasteiger partial charge in [-0.15, -0.1) is 0 Å². The Morgan fingerprint density at radius 1 is 0.476 bits per heavy atom. The van der Waals surface area contributed by atoms with Gasteiger partial charge in [0.2, 0.25) is 0 Å². The van der Waals surface area contributed by atoms with E-state index in [9.17, 15) is 13.0 Å². The van der Waals surface area contributed by atoms with Gasteiger partial charge in [-0.25, -0.2) is 4.18 Å². The van der Waals surface area contributed by atoms with Crippen molar-refractivity contribution in [2.24, 2.45) is 0 Å². The van der Waals surface area contributed by atoms with E-state index in [1.54, 1.807) is 0 Å². The fourth-order valence-corrected chi connectivity index (χ4v) is 5.67. The maximum absolute atomic E-state index is 11.3. The third kappa shape index (κ3) is 35.0. The minimum atomic E-state index is -4.39. The number of hydrogen-bond acceptors (Lipinski definition) is 3. The van der Waals surface area contributed by atoms with Crippen LogP contribution in [-0.2, 0) is 14.6 Å². The highest BCUT2D eigenvalue weighted by atomic mass is 32.3. The van der Waals surface area contributed by atoms with Crippen molar-refractivity contribution in [2.75, 3.05) is 0 Å². The molecule has 0 unspecified atom stereocenters. The quantitative estimate of drug-likeness (QED) is 0.0469. The molecule has 0 aromatic heterocycles. The molecule has 0 atom stereocenters. The minimum absolute atomic E-state index is 0.392. The van der Waals surface area contributed by atoms with Crippen molar-refractivity contribution in [3.05, 3.63) is 48.6 Å². The van der Waals surface area contributed by atoms with Crippen LogP contribution in [0.1, 0.15) is 181 Å². The number of allylic oxidation sites excluding steroid dienone is 8. The summed E-state index contributed by atoms with van der Waals surface area (Å²) < 4.78 is 36.8.